The minimum absolute atomic E-state index is 0.0462. The van der Waals surface area contributed by atoms with E-state index in [1.54, 1.807) is 4.90 Å². The first-order valence-electron chi connectivity index (χ1n) is 17.2. The summed E-state index contributed by atoms with van der Waals surface area (Å²) in [4.78, 5) is 30.3. The number of nitrogens with zero attached hydrogens (tertiary/aromatic N) is 4. The van der Waals surface area contributed by atoms with Crippen molar-refractivity contribution < 1.29 is 23.5 Å². The number of piperidine rings is 1. The number of carbonyl (C=O) groups is 2. The molecule has 11 heteroatoms. The number of likely N-dealkylation sites (tertiary alicyclic amines) is 1. The number of ether oxygens (including phenoxy) is 2. The third-order valence-corrected chi connectivity index (χ3v) is 11.3. The summed E-state index contributed by atoms with van der Waals surface area (Å²) >= 11 is 0. The van der Waals surface area contributed by atoms with Gasteiger partial charge in [0.05, 0.1) is 11.7 Å². The number of rotatable bonds is 10. The Kier molecular flexibility index (Phi) is 9.21. The number of hydrogen-bond acceptors (Lipinski definition) is 6. The number of hydrogen-bond donors (Lipinski definition) is 1. The molecule has 0 bridgehead atoms. The number of urea groups is 1. The van der Waals surface area contributed by atoms with Crippen LogP contribution in [0.1, 0.15) is 41.4 Å². The van der Waals surface area contributed by atoms with Gasteiger partial charge in [0.2, 0.25) is 0 Å². The fourth-order valence-corrected chi connectivity index (χ4v) is 7.68. The second kappa shape index (κ2) is 13.7. The lowest BCUT2D eigenvalue weighted by molar-refractivity contribution is 0.0406. The van der Waals surface area contributed by atoms with E-state index in [4.69, 9.17) is 13.9 Å². The highest BCUT2D eigenvalue weighted by Crippen LogP contribution is 2.33. The number of para-hydroxylation sites is 2. The van der Waals surface area contributed by atoms with Crippen molar-refractivity contribution in [3.63, 3.8) is 0 Å². The number of aromatic nitrogens is 2. The molecule has 0 aliphatic carbocycles. The van der Waals surface area contributed by atoms with Gasteiger partial charge in [0, 0.05) is 55.2 Å². The van der Waals surface area contributed by atoms with Gasteiger partial charge >= 0.3 is 12.1 Å². The van der Waals surface area contributed by atoms with Crippen LogP contribution in [0.2, 0.25) is 25.7 Å². The van der Waals surface area contributed by atoms with Crippen LogP contribution in [0.15, 0.2) is 77.3 Å². The minimum atomic E-state index is -1.17. The molecule has 1 saturated heterocycles. The van der Waals surface area contributed by atoms with Gasteiger partial charge in [0.25, 0.3) is 0 Å². The van der Waals surface area contributed by atoms with Crippen LogP contribution in [0, 0.1) is 6.92 Å². The van der Waals surface area contributed by atoms with Crippen LogP contribution >= 0.6 is 0 Å². The topological polar surface area (TPSA) is 102 Å². The van der Waals surface area contributed by atoms with Gasteiger partial charge in [0.1, 0.15) is 18.1 Å². The zero-order valence-electron chi connectivity index (χ0n) is 28.8. The summed E-state index contributed by atoms with van der Waals surface area (Å²) in [5.74, 6) is 0.609. The molecular formula is C38H45N5O5Si-. The summed E-state index contributed by atoms with van der Waals surface area (Å²) in [6.07, 6.45) is 2.69. The van der Waals surface area contributed by atoms with Crippen molar-refractivity contribution in [2.45, 2.75) is 77.3 Å². The molecule has 3 aromatic carbocycles. The highest BCUT2D eigenvalue weighted by Gasteiger charge is 2.34. The quantitative estimate of drug-likeness (QED) is 0.118. The van der Waals surface area contributed by atoms with Crippen LogP contribution in [0.25, 0.3) is 21.9 Å². The van der Waals surface area contributed by atoms with Gasteiger partial charge < -0.3 is 29.0 Å². The van der Waals surface area contributed by atoms with Crippen molar-refractivity contribution in [2.24, 2.45) is 0 Å². The Balaban J connectivity index is 1.05. The summed E-state index contributed by atoms with van der Waals surface area (Å²) in [7, 11) is -1.17. The number of fused-ring (bicyclic) bond motifs is 3. The Morgan fingerprint density at radius 2 is 1.82 bits per heavy atom. The van der Waals surface area contributed by atoms with Gasteiger partial charge in [-0.15, -0.1) is 14.1 Å². The highest BCUT2D eigenvalue weighted by atomic mass is 28.3. The van der Waals surface area contributed by atoms with E-state index in [2.05, 4.69) is 49.1 Å². The summed E-state index contributed by atoms with van der Waals surface area (Å²) < 4.78 is 20.4. The van der Waals surface area contributed by atoms with Crippen molar-refractivity contribution in [1.82, 2.24) is 19.6 Å². The lowest BCUT2D eigenvalue weighted by Crippen LogP contribution is -2.51. The maximum absolute atomic E-state index is 13.7. The molecule has 10 nitrogen and oxygen atoms in total. The van der Waals surface area contributed by atoms with E-state index in [0.29, 0.717) is 51.4 Å². The van der Waals surface area contributed by atoms with Crippen LogP contribution in [0.5, 0.6) is 0 Å². The molecule has 1 N–H and O–H groups in total. The van der Waals surface area contributed by atoms with Crippen LogP contribution < -0.4 is 5.32 Å². The SMILES string of the molecule is Cc1cc(CC(OC(=O)N2CCC(N3Cc4ccccc4NC3=O)CC2)c2cc3ccccc3o2)cc2cnn(COCC[Si-](C)(C)C)c12. The van der Waals surface area contributed by atoms with Crippen molar-refractivity contribution in [3.05, 3.63) is 95.4 Å². The van der Waals surface area contributed by atoms with Crippen LogP contribution in [-0.4, -0.2) is 65.5 Å². The number of anilines is 1. The first-order chi connectivity index (χ1) is 23.6. The molecule has 3 amide bonds. The second-order valence-electron chi connectivity index (χ2n) is 14.5. The standard InChI is InChI=1S/C38H45N5O5Si/c1-26-19-27(20-30-23-39-43(36(26)30)25-46-17-18-49(2,3)4)21-34(35-22-28-9-6-8-12-33(28)47-35)48-38(45)41-15-13-31(14-16-41)42-24-29-10-5-7-11-32(29)40-37(42)44/h5-12,19-20,22-23,31,34H,13-18,21,24-25H2,1-4H3,(H,40,44)/q-1. The molecule has 49 heavy (non-hydrogen) atoms. The lowest BCUT2D eigenvalue weighted by atomic mass is 10.0. The second-order valence-corrected chi connectivity index (χ2v) is 20.2. The van der Waals surface area contributed by atoms with Crippen LogP contribution in [0.3, 0.4) is 0 Å². The zero-order valence-corrected chi connectivity index (χ0v) is 29.8. The summed E-state index contributed by atoms with van der Waals surface area (Å²) in [6.45, 7) is 11.9. The molecule has 2 aliphatic heterocycles. The minimum Gasteiger partial charge on any atom is -0.457 e. The monoisotopic (exact) mass is 679 g/mol. The smallest absolute Gasteiger partial charge is 0.410 e. The van der Waals surface area contributed by atoms with Crippen molar-refractivity contribution in [1.29, 1.82) is 0 Å². The molecule has 1 fully saturated rings. The number of nitrogens with one attached hydrogen (secondary N) is 1. The molecule has 4 heterocycles. The Bertz CT molecular complexity index is 1940. The zero-order chi connectivity index (χ0) is 34.1. The molecule has 2 aliphatic rings. The lowest BCUT2D eigenvalue weighted by Gasteiger charge is -2.40. The summed E-state index contributed by atoms with van der Waals surface area (Å²) in [6, 6.07) is 23.0. The molecule has 1 atom stereocenters. The number of amides is 3. The van der Waals surface area contributed by atoms with Crippen LogP contribution in [-0.2, 0) is 29.2 Å². The van der Waals surface area contributed by atoms with E-state index in [0.717, 1.165) is 56.9 Å². The van der Waals surface area contributed by atoms with Gasteiger partial charge in [-0.25, -0.2) is 14.3 Å². The molecule has 257 valence electrons. The third-order valence-electron chi connectivity index (χ3n) is 9.64. The predicted molar refractivity (Wildman–Crippen MR) is 193 cm³/mol. The van der Waals surface area contributed by atoms with Gasteiger partial charge in [-0.2, -0.15) is 24.7 Å². The van der Waals surface area contributed by atoms with E-state index in [9.17, 15) is 9.59 Å². The molecule has 0 radical (unpaired) electrons. The first kappa shape index (κ1) is 32.9. The van der Waals surface area contributed by atoms with E-state index < -0.39 is 14.2 Å². The van der Waals surface area contributed by atoms with E-state index >= 15 is 0 Å². The fraction of sp³-hybridized carbons (Fsp3) is 0.395. The number of carbonyl (C=O) groups excluding carboxylic acids is 2. The highest BCUT2D eigenvalue weighted by molar-refractivity contribution is 6.76. The predicted octanol–water partition coefficient (Wildman–Crippen LogP) is 8.34. The Morgan fingerprint density at radius 1 is 1.04 bits per heavy atom. The van der Waals surface area contributed by atoms with Crippen molar-refractivity contribution >= 4 is 47.8 Å². The van der Waals surface area contributed by atoms with E-state index in [-0.39, 0.29) is 18.2 Å². The molecule has 7 rings (SSSR count). The number of furan rings is 1. The Morgan fingerprint density at radius 3 is 2.61 bits per heavy atom. The van der Waals surface area contributed by atoms with Gasteiger partial charge in [0.15, 0.2) is 6.10 Å². The molecular weight excluding hydrogens is 635 g/mol. The fourth-order valence-electron chi connectivity index (χ4n) is 6.92. The molecule has 0 saturated carbocycles. The molecule has 5 aromatic rings. The molecule has 0 spiro atoms. The Labute approximate surface area is 288 Å². The Hall–Kier alpha value is -4.61. The van der Waals surface area contributed by atoms with Gasteiger partial charge in [-0.1, -0.05) is 42.5 Å². The van der Waals surface area contributed by atoms with E-state index in [1.165, 1.54) is 0 Å². The maximum atomic E-state index is 13.7. The van der Waals surface area contributed by atoms with Crippen molar-refractivity contribution in [3.8, 4) is 0 Å². The van der Waals surface area contributed by atoms with Crippen molar-refractivity contribution in [2.75, 3.05) is 25.0 Å². The third kappa shape index (κ3) is 7.37. The number of aryl methyl sites for hydroxylation is 1. The average Bonchev–Trinajstić information content (AvgIpc) is 3.70. The molecule has 2 aromatic heterocycles. The number of benzene rings is 3. The normalized spacial score (nSPS) is 16.2. The maximum Gasteiger partial charge on any atom is 0.410 e. The largest absolute Gasteiger partial charge is 0.457 e. The summed E-state index contributed by atoms with van der Waals surface area (Å²) in [5.41, 5.74) is 5.87. The summed E-state index contributed by atoms with van der Waals surface area (Å²) in [5, 5.41) is 9.62. The average molecular weight is 680 g/mol. The van der Waals surface area contributed by atoms with E-state index in [1.807, 2.05) is 70.4 Å². The van der Waals surface area contributed by atoms with Gasteiger partial charge in [-0.3, -0.25) is 0 Å². The first-order valence-corrected chi connectivity index (χ1v) is 20.9. The van der Waals surface area contributed by atoms with Gasteiger partial charge in [-0.05, 0) is 60.7 Å². The molecule has 1 unspecified atom stereocenters. The van der Waals surface area contributed by atoms with Crippen LogP contribution in [0.4, 0.5) is 15.3 Å².